The van der Waals surface area contributed by atoms with Crippen molar-refractivity contribution < 1.29 is 0 Å². The van der Waals surface area contributed by atoms with Gasteiger partial charge in [0.05, 0.1) is 5.02 Å². The van der Waals surface area contributed by atoms with Crippen LogP contribution in [0.15, 0.2) is 54.7 Å². The van der Waals surface area contributed by atoms with Gasteiger partial charge in [-0.05, 0) is 48.9 Å². The Balaban J connectivity index is 1.82. The molecule has 0 amide bonds. The summed E-state index contributed by atoms with van der Waals surface area (Å²) < 4.78 is 0. The molecule has 0 bridgehead atoms. The first-order valence-corrected chi connectivity index (χ1v) is 10.1. The van der Waals surface area contributed by atoms with Crippen LogP contribution in [0.3, 0.4) is 0 Å². The molecule has 1 aromatic heterocycles. The number of H-pyrrole nitrogens is 1. The Morgan fingerprint density at radius 1 is 0.926 bits per heavy atom. The van der Waals surface area contributed by atoms with Crippen molar-refractivity contribution in [1.82, 2.24) is 9.88 Å². The van der Waals surface area contributed by atoms with E-state index in [4.69, 9.17) is 11.6 Å². The molecular formula is C23H26ClN3. The molecule has 2 aromatic carbocycles. The zero-order valence-corrected chi connectivity index (χ0v) is 16.8. The molecule has 0 unspecified atom stereocenters. The van der Waals surface area contributed by atoms with Gasteiger partial charge in [-0.3, -0.25) is 0 Å². The van der Waals surface area contributed by atoms with E-state index in [1.54, 1.807) is 0 Å². The van der Waals surface area contributed by atoms with Crippen molar-refractivity contribution in [3.63, 3.8) is 0 Å². The van der Waals surface area contributed by atoms with Gasteiger partial charge in [0.2, 0.25) is 0 Å². The van der Waals surface area contributed by atoms with Crippen LogP contribution in [0.25, 0.3) is 22.4 Å². The minimum atomic E-state index is 0.808. The SMILES string of the molecule is CCN1CCN(c2cc(-c3ccc[nH]3)c(Cl)c(-c3ccccc3C)c2)CC1. The van der Waals surface area contributed by atoms with Crippen molar-refractivity contribution in [2.24, 2.45) is 0 Å². The fraction of sp³-hybridized carbons (Fsp3) is 0.304. The summed E-state index contributed by atoms with van der Waals surface area (Å²) in [6, 6.07) is 17.1. The molecule has 4 rings (SSSR count). The van der Waals surface area contributed by atoms with Gasteiger partial charge in [-0.1, -0.05) is 42.8 Å². The summed E-state index contributed by atoms with van der Waals surface area (Å²) >= 11 is 6.92. The standard InChI is InChI=1S/C23H26ClN3/c1-3-26-11-13-27(14-12-26)18-15-20(19-8-5-4-7-17(19)2)23(24)21(16-18)22-9-6-10-25-22/h4-10,15-16,25H,3,11-14H2,1-2H3. The maximum Gasteiger partial charge on any atom is 0.0579 e. The number of benzene rings is 2. The fourth-order valence-electron chi connectivity index (χ4n) is 3.88. The molecule has 0 spiro atoms. The second-order valence-electron chi connectivity index (χ2n) is 7.17. The summed E-state index contributed by atoms with van der Waals surface area (Å²) in [7, 11) is 0. The predicted molar refractivity (Wildman–Crippen MR) is 116 cm³/mol. The summed E-state index contributed by atoms with van der Waals surface area (Å²) in [4.78, 5) is 8.31. The highest BCUT2D eigenvalue weighted by molar-refractivity contribution is 6.36. The molecule has 140 valence electrons. The second-order valence-corrected chi connectivity index (χ2v) is 7.55. The molecule has 3 nitrogen and oxygen atoms in total. The van der Waals surface area contributed by atoms with E-state index in [1.807, 2.05) is 12.3 Å². The van der Waals surface area contributed by atoms with Crippen molar-refractivity contribution in [1.29, 1.82) is 0 Å². The molecule has 2 heterocycles. The van der Waals surface area contributed by atoms with E-state index in [0.717, 1.165) is 54.6 Å². The molecule has 1 fully saturated rings. The van der Waals surface area contributed by atoms with Gasteiger partial charge in [-0.15, -0.1) is 0 Å². The van der Waals surface area contributed by atoms with Gasteiger partial charge < -0.3 is 14.8 Å². The molecule has 1 saturated heterocycles. The van der Waals surface area contributed by atoms with Gasteiger partial charge in [0.15, 0.2) is 0 Å². The Hall–Kier alpha value is -2.23. The highest BCUT2D eigenvalue weighted by Crippen LogP contribution is 2.40. The maximum absolute atomic E-state index is 6.92. The molecule has 0 atom stereocenters. The minimum absolute atomic E-state index is 0.808. The summed E-state index contributed by atoms with van der Waals surface area (Å²) in [5.41, 5.74) is 6.92. The van der Waals surface area contributed by atoms with E-state index in [0.29, 0.717) is 0 Å². The van der Waals surface area contributed by atoms with Crippen molar-refractivity contribution in [3.8, 4) is 22.4 Å². The topological polar surface area (TPSA) is 22.3 Å². The third-order valence-electron chi connectivity index (χ3n) is 5.57. The number of rotatable bonds is 4. The summed E-state index contributed by atoms with van der Waals surface area (Å²) in [5, 5.41) is 0.808. The van der Waals surface area contributed by atoms with Gasteiger partial charge >= 0.3 is 0 Å². The number of aromatic amines is 1. The number of nitrogens with one attached hydrogen (secondary N) is 1. The summed E-state index contributed by atoms with van der Waals surface area (Å²) in [5.74, 6) is 0. The smallest absolute Gasteiger partial charge is 0.0579 e. The second kappa shape index (κ2) is 7.79. The first-order valence-electron chi connectivity index (χ1n) is 9.68. The third-order valence-corrected chi connectivity index (χ3v) is 5.97. The minimum Gasteiger partial charge on any atom is -0.369 e. The van der Waals surface area contributed by atoms with Crippen molar-refractivity contribution >= 4 is 17.3 Å². The molecule has 1 N–H and O–H groups in total. The first-order chi connectivity index (χ1) is 13.2. The van der Waals surface area contributed by atoms with Crippen molar-refractivity contribution in [2.45, 2.75) is 13.8 Å². The van der Waals surface area contributed by atoms with E-state index in [2.05, 4.69) is 71.1 Å². The monoisotopic (exact) mass is 379 g/mol. The Kier molecular flexibility index (Phi) is 5.24. The molecule has 0 aliphatic carbocycles. The van der Waals surface area contributed by atoms with Crippen LogP contribution < -0.4 is 4.90 Å². The largest absolute Gasteiger partial charge is 0.369 e. The molecule has 27 heavy (non-hydrogen) atoms. The quantitative estimate of drug-likeness (QED) is 0.650. The molecule has 1 aliphatic heterocycles. The average molecular weight is 380 g/mol. The molecule has 0 radical (unpaired) electrons. The molecule has 0 saturated carbocycles. The highest BCUT2D eigenvalue weighted by atomic mass is 35.5. The van der Waals surface area contributed by atoms with Gasteiger partial charge in [0.1, 0.15) is 0 Å². The molecule has 4 heteroatoms. The number of piperazine rings is 1. The molecule has 1 aliphatic rings. The molecular weight excluding hydrogens is 354 g/mol. The Labute approximate surface area is 166 Å². The van der Waals surface area contributed by atoms with E-state index in [9.17, 15) is 0 Å². The van der Waals surface area contributed by atoms with Crippen LogP contribution in [0.2, 0.25) is 5.02 Å². The normalized spacial score (nSPS) is 15.3. The van der Waals surface area contributed by atoms with Gasteiger partial charge in [-0.2, -0.15) is 0 Å². The van der Waals surface area contributed by atoms with E-state index < -0.39 is 0 Å². The number of anilines is 1. The Morgan fingerprint density at radius 2 is 1.67 bits per heavy atom. The zero-order chi connectivity index (χ0) is 18.8. The summed E-state index contributed by atoms with van der Waals surface area (Å²) in [6.45, 7) is 9.81. The lowest BCUT2D eigenvalue weighted by molar-refractivity contribution is 0.271. The zero-order valence-electron chi connectivity index (χ0n) is 16.0. The average Bonchev–Trinajstić information content (AvgIpc) is 3.23. The van der Waals surface area contributed by atoms with Crippen LogP contribution in [0.1, 0.15) is 12.5 Å². The summed E-state index contributed by atoms with van der Waals surface area (Å²) in [6.07, 6.45) is 1.95. The van der Waals surface area contributed by atoms with Crippen LogP contribution in [-0.2, 0) is 0 Å². The van der Waals surface area contributed by atoms with Crippen LogP contribution in [0, 0.1) is 6.92 Å². The number of aromatic nitrogens is 1. The first kappa shape index (κ1) is 18.1. The third kappa shape index (κ3) is 3.62. The lowest BCUT2D eigenvalue weighted by atomic mass is 9.96. The van der Waals surface area contributed by atoms with Crippen LogP contribution in [0.5, 0.6) is 0 Å². The number of hydrogen-bond donors (Lipinski definition) is 1. The van der Waals surface area contributed by atoms with E-state index in [-0.39, 0.29) is 0 Å². The Morgan fingerprint density at radius 3 is 2.33 bits per heavy atom. The fourth-order valence-corrected chi connectivity index (χ4v) is 4.19. The number of hydrogen-bond acceptors (Lipinski definition) is 2. The lowest BCUT2D eigenvalue weighted by Crippen LogP contribution is -2.46. The number of aryl methyl sites for hydroxylation is 1. The maximum atomic E-state index is 6.92. The number of halogens is 1. The van der Waals surface area contributed by atoms with Gasteiger partial charge in [0, 0.05) is 54.9 Å². The molecule has 3 aromatic rings. The van der Waals surface area contributed by atoms with Crippen LogP contribution >= 0.6 is 11.6 Å². The van der Waals surface area contributed by atoms with Gasteiger partial charge in [-0.25, -0.2) is 0 Å². The van der Waals surface area contributed by atoms with Gasteiger partial charge in [0.25, 0.3) is 0 Å². The van der Waals surface area contributed by atoms with E-state index >= 15 is 0 Å². The van der Waals surface area contributed by atoms with Crippen LogP contribution in [-0.4, -0.2) is 42.6 Å². The Bertz CT molecular complexity index is 909. The van der Waals surface area contributed by atoms with E-state index in [1.165, 1.54) is 16.8 Å². The van der Waals surface area contributed by atoms with Crippen molar-refractivity contribution in [2.75, 3.05) is 37.6 Å². The van der Waals surface area contributed by atoms with Crippen molar-refractivity contribution in [3.05, 3.63) is 65.3 Å². The predicted octanol–water partition coefficient (Wildman–Crippen LogP) is 5.45. The van der Waals surface area contributed by atoms with Crippen LogP contribution in [0.4, 0.5) is 5.69 Å². The number of likely N-dealkylation sites (N-methyl/N-ethyl adjacent to an activating group) is 1. The highest BCUT2D eigenvalue weighted by Gasteiger charge is 2.20. The lowest BCUT2D eigenvalue weighted by Gasteiger charge is -2.36. The number of nitrogens with zero attached hydrogens (tertiary/aromatic N) is 2.